The zero-order valence-corrected chi connectivity index (χ0v) is 53.4. The molecule has 8 saturated heterocycles. The molecule has 12 rings (SSSR count). The van der Waals surface area contributed by atoms with Crippen molar-refractivity contribution in [3.8, 4) is 0 Å². The van der Waals surface area contributed by atoms with Gasteiger partial charge >= 0.3 is 0 Å². The summed E-state index contributed by atoms with van der Waals surface area (Å²) in [6, 6.07) is 0. The minimum atomic E-state index is -2.28. The van der Waals surface area contributed by atoms with E-state index in [-0.39, 0.29) is 46.9 Å². The molecule has 95 heavy (non-hydrogen) atoms. The highest BCUT2D eigenvalue weighted by molar-refractivity contribution is 5.87. The fourth-order valence-electron chi connectivity index (χ4n) is 18.5. The number of carbonyl (C=O) groups excluding carboxylic acids is 1. The lowest BCUT2D eigenvalue weighted by atomic mass is 9.44. The highest BCUT2D eigenvalue weighted by Crippen LogP contribution is 2.70. The average molecular weight is 1370 g/mol. The maximum absolute atomic E-state index is 14.8. The first kappa shape index (κ1) is 73.2. The third-order valence-corrected chi connectivity index (χ3v) is 24.1. The first-order valence-corrected chi connectivity index (χ1v) is 33.7. The molecule has 12 fully saturated rings. The van der Waals surface area contributed by atoms with E-state index in [2.05, 4.69) is 27.7 Å². The number of ether oxygens (including phenoxy) is 14. The average Bonchev–Trinajstić information content (AvgIpc) is 1.54. The Morgan fingerprint density at radius 1 is 0.453 bits per heavy atom. The van der Waals surface area contributed by atoms with Crippen LogP contribution in [-0.2, 0) is 71.1 Å². The van der Waals surface area contributed by atoms with Crippen LogP contribution in [0.4, 0.5) is 0 Å². The Balaban J connectivity index is 0.765. The van der Waals surface area contributed by atoms with Gasteiger partial charge in [0.15, 0.2) is 43.5 Å². The normalized spacial score (nSPS) is 56.5. The number of hydrogen-bond donors (Lipinski definition) is 18. The molecule has 0 amide bonds. The second-order valence-electron chi connectivity index (χ2n) is 29.4. The zero-order chi connectivity index (χ0) is 68.2. The van der Waals surface area contributed by atoms with Crippen molar-refractivity contribution in [3.05, 3.63) is 0 Å². The molecule has 8 heterocycles. The number of carbonyl (C=O) groups is 1. The van der Waals surface area contributed by atoms with Gasteiger partial charge in [-0.15, -0.1) is 0 Å². The fraction of sp³-hybridized carbons (Fsp3) is 0.984. The van der Waals surface area contributed by atoms with Crippen molar-refractivity contribution in [3.63, 3.8) is 0 Å². The highest BCUT2D eigenvalue weighted by atomic mass is 16.8. The molecule has 0 bridgehead atoms. The lowest BCUT2D eigenvalue weighted by Gasteiger charge is -2.60. The van der Waals surface area contributed by atoms with Crippen LogP contribution >= 0.6 is 0 Å². The van der Waals surface area contributed by atoms with Gasteiger partial charge in [0.1, 0.15) is 146 Å². The van der Waals surface area contributed by atoms with E-state index in [0.717, 1.165) is 32.1 Å². The minimum Gasteiger partial charge on any atom is -0.394 e. The van der Waals surface area contributed by atoms with E-state index in [0.29, 0.717) is 44.1 Å². The maximum Gasteiger partial charge on any atom is 0.187 e. The summed E-state index contributed by atoms with van der Waals surface area (Å²) in [6.07, 6.45) is -50.0. The number of fused-ring (bicyclic) bond motifs is 7. The molecule has 8 aliphatic heterocycles. The molecule has 0 aromatic carbocycles. The van der Waals surface area contributed by atoms with Crippen LogP contribution in [0.15, 0.2) is 0 Å². The van der Waals surface area contributed by atoms with Crippen molar-refractivity contribution < 1.29 is 163 Å². The summed E-state index contributed by atoms with van der Waals surface area (Å²) < 4.78 is 85.1. The second kappa shape index (κ2) is 28.9. The Labute approximate surface area is 547 Å². The van der Waals surface area contributed by atoms with E-state index in [1.807, 2.05) is 0 Å². The molecule has 4 aliphatic carbocycles. The van der Waals surface area contributed by atoms with Crippen molar-refractivity contribution in [2.75, 3.05) is 46.2 Å². The van der Waals surface area contributed by atoms with E-state index in [1.54, 1.807) is 0 Å². The van der Waals surface area contributed by atoms with Gasteiger partial charge in [0.05, 0.1) is 58.5 Å². The van der Waals surface area contributed by atoms with Crippen molar-refractivity contribution in [2.45, 2.75) is 282 Å². The molecule has 41 atom stereocenters. The van der Waals surface area contributed by atoms with Gasteiger partial charge < -0.3 is 158 Å². The van der Waals surface area contributed by atoms with Gasteiger partial charge in [-0.25, -0.2) is 0 Å². The molecule has 5 unspecified atom stereocenters. The Kier molecular flexibility index (Phi) is 22.3. The Hall–Kier alpha value is -1.61. The standard InChI is InChI=1S/C62H100O33/c1-21-7-10-62(83-19-21)22(2)36-29(95-62)12-27-25-6-5-23-11-24(8-9-60(23,3)26(25)13-35(69)61(27,36)4)84-55-46(79)43(76)50(34(18-67)89-55)91-59-53(94-58-48(81)51(39(72)32(16-65)87-58)92-57-45(78)42(75)38(71)31(15-64)86-57)52(40(73)33(17-66)88-59)93-54-47(80)49(28(68)20-82-54)90-56-44(77)41(74)37(70)30(14-63)85-56/h21-34,36-59,63-68,70-81H,5-20H2,1-4H3/t21-,22-,23-,24-,25?,26?,27?,28+,29?,30+,31+,32+,33+,34+,36?,37+,38+,39+,40+,41-,42-,43+,44+,45+,46+,47+,48+,49-,50-,51-,52-,53+,54-,55+,56-,57-,58-,59-,60-,61+,62+/m0/s1. The molecule has 33 heteroatoms. The highest BCUT2D eigenvalue weighted by Gasteiger charge is 2.72. The van der Waals surface area contributed by atoms with Crippen LogP contribution < -0.4 is 0 Å². The Morgan fingerprint density at radius 3 is 1.56 bits per heavy atom. The number of aliphatic hydroxyl groups is 18. The van der Waals surface area contributed by atoms with E-state index in [1.165, 1.54) is 0 Å². The van der Waals surface area contributed by atoms with E-state index >= 15 is 0 Å². The van der Waals surface area contributed by atoms with Crippen LogP contribution in [0, 0.1) is 52.3 Å². The van der Waals surface area contributed by atoms with E-state index in [4.69, 9.17) is 66.3 Å². The largest absolute Gasteiger partial charge is 0.394 e. The summed E-state index contributed by atoms with van der Waals surface area (Å²) in [5, 5.41) is 198. The number of Topliss-reactive ketones (excluding diaryl/α,β-unsaturated/α-hetero) is 1. The van der Waals surface area contributed by atoms with Crippen LogP contribution in [0.5, 0.6) is 0 Å². The third-order valence-electron chi connectivity index (χ3n) is 24.1. The van der Waals surface area contributed by atoms with Gasteiger partial charge in [-0.3, -0.25) is 4.79 Å². The minimum absolute atomic E-state index is 0.0614. The van der Waals surface area contributed by atoms with Crippen molar-refractivity contribution in [2.24, 2.45) is 52.3 Å². The third kappa shape index (κ3) is 13.0. The number of ketones is 1. The summed E-state index contributed by atoms with van der Waals surface area (Å²) in [6.45, 7) is 3.97. The SMILES string of the molecule is C[C@H]1CC[C@@]2(OC1)OC1CC3C4CC[C@H]5C[C@@H](O[C@@H]6O[C@H](CO)[C@H](O[C@@H]7O[C@H](CO)[C@@H](O)[C@H](O[C@@H]8OC[C@@H](O)[C@H](O[C@@H]9O[C@H](CO)[C@@H](O)[C@H](O)[C@H]9O)[C@H]8O)[C@H]7O[C@@H]7O[C@H](CO)[C@@H](O)[C@H](O[C@@H]8O[C@H](CO)[C@@H](O)[C@H](O)[C@H]8O)[C@H]7O)[C@H](O)[C@H]6O)CC[C@]5(C)C4CC(=O)[C@]3(C)C1[C@@H]2C. The first-order chi connectivity index (χ1) is 45.2. The summed E-state index contributed by atoms with van der Waals surface area (Å²) in [4.78, 5) is 14.8. The van der Waals surface area contributed by atoms with Crippen LogP contribution in [0.2, 0.25) is 0 Å². The molecule has 18 N–H and O–H groups in total. The lowest BCUT2D eigenvalue weighted by Crippen LogP contribution is -2.69. The van der Waals surface area contributed by atoms with Gasteiger partial charge in [-0.05, 0) is 80.0 Å². The van der Waals surface area contributed by atoms with Crippen molar-refractivity contribution >= 4 is 5.78 Å². The van der Waals surface area contributed by atoms with Crippen LogP contribution in [0.1, 0.15) is 85.5 Å². The van der Waals surface area contributed by atoms with Crippen LogP contribution in [0.25, 0.3) is 0 Å². The quantitative estimate of drug-likeness (QED) is 0.0602. The smallest absolute Gasteiger partial charge is 0.187 e. The summed E-state index contributed by atoms with van der Waals surface area (Å²) in [7, 11) is 0. The summed E-state index contributed by atoms with van der Waals surface area (Å²) >= 11 is 0. The fourth-order valence-corrected chi connectivity index (χ4v) is 18.5. The molecule has 0 aromatic heterocycles. The van der Waals surface area contributed by atoms with E-state index in [9.17, 15) is 96.7 Å². The molecule has 12 aliphatic rings. The van der Waals surface area contributed by atoms with E-state index < -0.39 is 235 Å². The van der Waals surface area contributed by atoms with Gasteiger partial charge in [0.25, 0.3) is 0 Å². The molecular weight excluding hydrogens is 1270 g/mol. The van der Waals surface area contributed by atoms with Gasteiger partial charge in [-0.1, -0.05) is 27.7 Å². The zero-order valence-electron chi connectivity index (χ0n) is 53.4. The van der Waals surface area contributed by atoms with Gasteiger partial charge in [0, 0.05) is 30.1 Å². The maximum atomic E-state index is 14.8. The molecule has 0 aromatic rings. The van der Waals surface area contributed by atoms with Gasteiger partial charge in [-0.2, -0.15) is 0 Å². The number of aliphatic hydroxyl groups excluding tert-OH is 18. The van der Waals surface area contributed by atoms with Crippen LogP contribution in [0.3, 0.4) is 0 Å². The van der Waals surface area contributed by atoms with Crippen LogP contribution in [-0.4, -0.2) is 340 Å². The summed E-state index contributed by atoms with van der Waals surface area (Å²) in [5.74, 6) is 0.903. The lowest BCUT2D eigenvalue weighted by molar-refractivity contribution is -0.411. The Bertz CT molecular complexity index is 2550. The monoisotopic (exact) mass is 1370 g/mol. The first-order valence-electron chi connectivity index (χ1n) is 33.7. The Morgan fingerprint density at radius 2 is 0.958 bits per heavy atom. The number of hydrogen-bond acceptors (Lipinski definition) is 33. The summed E-state index contributed by atoms with van der Waals surface area (Å²) in [5.41, 5.74) is -0.765. The van der Waals surface area contributed by atoms with Gasteiger partial charge in [0.2, 0.25) is 0 Å². The molecule has 1 spiro atoms. The topological polar surface area (TPSA) is 510 Å². The van der Waals surface area contributed by atoms with Crippen molar-refractivity contribution in [1.82, 2.24) is 0 Å². The predicted octanol–water partition coefficient (Wildman–Crippen LogP) is -7.44. The second-order valence-corrected chi connectivity index (χ2v) is 29.4. The molecular formula is C62H100O33. The van der Waals surface area contributed by atoms with Crippen molar-refractivity contribution in [1.29, 1.82) is 0 Å². The predicted molar refractivity (Wildman–Crippen MR) is 308 cm³/mol. The molecule has 33 nitrogen and oxygen atoms in total. The molecule has 0 radical (unpaired) electrons. The molecule has 546 valence electrons. The molecule has 4 saturated carbocycles. The number of rotatable bonds is 17.